The maximum absolute atomic E-state index is 13.4. The molecule has 0 aliphatic carbocycles. The molecule has 1 amide bonds. The molecule has 146 valence electrons. The highest BCUT2D eigenvalue weighted by Crippen LogP contribution is 2.32. The second-order valence-electron chi connectivity index (χ2n) is 7.79. The lowest BCUT2D eigenvalue weighted by molar-refractivity contribution is -0.136. The van der Waals surface area contributed by atoms with Crippen molar-refractivity contribution in [2.24, 2.45) is 5.10 Å². The van der Waals surface area contributed by atoms with Gasteiger partial charge in [0, 0.05) is 6.42 Å². The fourth-order valence-corrected chi connectivity index (χ4v) is 4.15. The molecule has 2 aliphatic heterocycles. The van der Waals surface area contributed by atoms with Crippen LogP contribution in [-0.4, -0.2) is 47.7 Å². The Hall–Kier alpha value is -2.53. The van der Waals surface area contributed by atoms with Crippen LogP contribution >= 0.6 is 0 Å². The second kappa shape index (κ2) is 8.23. The zero-order valence-electron chi connectivity index (χ0n) is 16.2. The lowest BCUT2D eigenvalue weighted by atomic mass is 9.88. The number of rotatable bonds is 3. The van der Waals surface area contributed by atoms with E-state index in [9.17, 15) is 9.18 Å². The summed E-state index contributed by atoms with van der Waals surface area (Å²) in [5.41, 5.74) is 2.74. The van der Waals surface area contributed by atoms with Crippen molar-refractivity contribution in [2.45, 2.75) is 37.6 Å². The normalized spacial score (nSPS) is 24.0. The lowest BCUT2D eigenvalue weighted by Crippen LogP contribution is -2.44. The summed E-state index contributed by atoms with van der Waals surface area (Å²) >= 11 is 0. The van der Waals surface area contributed by atoms with Gasteiger partial charge in [-0.3, -0.25) is 4.79 Å². The molecule has 28 heavy (non-hydrogen) atoms. The van der Waals surface area contributed by atoms with E-state index in [1.807, 2.05) is 30.3 Å². The van der Waals surface area contributed by atoms with Crippen molar-refractivity contribution < 1.29 is 9.18 Å². The summed E-state index contributed by atoms with van der Waals surface area (Å²) in [6, 6.07) is 16.5. The molecular weight excluding hydrogens is 353 g/mol. The Morgan fingerprint density at radius 2 is 1.75 bits per heavy atom. The van der Waals surface area contributed by atoms with Crippen LogP contribution in [0.15, 0.2) is 59.7 Å². The molecule has 0 radical (unpaired) electrons. The SMILES string of the molecule is CN1CCCC(N2N=C(c3ccc(F)cc3)CC(c3ccccc3)C2=O)CC1. The van der Waals surface area contributed by atoms with Gasteiger partial charge in [-0.05, 0) is 62.7 Å². The zero-order valence-corrected chi connectivity index (χ0v) is 16.2. The van der Waals surface area contributed by atoms with E-state index in [2.05, 4.69) is 11.9 Å². The van der Waals surface area contributed by atoms with Crippen molar-refractivity contribution >= 4 is 11.6 Å². The van der Waals surface area contributed by atoms with E-state index in [-0.39, 0.29) is 23.7 Å². The average molecular weight is 379 g/mol. The predicted molar refractivity (Wildman–Crippen MR) is 109 cm³/mol. The molecule has 2 aromatic rings. The minimum Gasteiger partial charge on any atom is -0.306 e. The third-order valence-electron chi connectivity index (χ3n) is 5.80. The molecule has 5 heteroatoms. The van der Waals surface area contributed by atoms with E-state index < -0.39 is 0 Å². The smallest absolute Gasteiger partial charge is 0.250 e. The molecule has 2 aliphatic rings. The number of carbonyl (C=O) groups is 1. The van der Waals surface area contributed by atoms with Crippen molar-refractivity contribution in [1.82, 2.24) is 9.91 Å². The first-order chi connectivity index (χ1) is 13.6. The van der Waals surface area contributed by atoms with Gasteiger partial charge >= 0.3 is 0 Å². The summed E-state index contributed by atoms with van der Waals surface area (Å²) < 4.78 is 13.4. The van der Waals surface area contributed by atoms with Gasteiger partial charge in [0.05, 0.1) is 17.7 Å². The number of hydrogen-bond acceptors (Lipinski definition) is 3. The molecule has 0 aromatic heterocycles. The molecule has 4 nitrogen and oxygen atoms in total. The molecule has 2 aromatic carbocycles. The minimum atomic E-state index is -0.264. The van der Waals surface area contributed by atoms with Crippen LogP contribution in [-0.2, 0) is 4.79 Å². The van der Waals surface area contributed by atoms with E-state index in [1.165, 1.54) is 12.1 Å². The highest BCUT2D eigenvalue weighted by atomic mass is 19.1. The number of halogens is 1. The van der Waals surface area contributed by atoms with Crippen LogP contribution < -0.4 is 0 Å². The van der Waals surface area contributed by atoms with Gasteiger partial charge in [0.2, 0.25) is 0 Å². The average Bonchev–Trinajstić information content (AvgIpc) is 2.94. The van der Waals surface area contributed by atoms with Crippen molar-refractivity contribution in [3.05, 3.63) is 71.5 Å². The number of likely N-dealkylation sites (tertiary alicyclic amines) is 1. The van der Waals surface area contributed by atoms with E-state index in [0.717, 1.165) is 49.2 Å². The van der Waals surface area contributed by atoms with E-state index in [4.69, 9.17) is 5.10 Å². The second-order valence-corrected chi connectivity index (χ2v) is 7.79. The summed E-state index contributed by atoms with van der Waals surface area (Å²) in [6.45, 7) is 2.01. The van der Waals surface area contributed by atoms with Gasteiger partial charge in [-0.2, -0.15) is 5.10 Å². The molecule has 0 N–H and O–H groups in total. The Bertz CT molecular complexity index is 850. The largest absolute Gasteiger partial charge is 0.306 e. The summed E-state index contributed by atoms with van der Waals surface area (Å²) in [5.74, 6) is -0.439. The van der Waals surface area contributed by atoms with E-state index in [0.29, 0.717) is 6.42 Å². The van der Waals surface area contributed by atoms with Crippen LogP contribution in [0.5, 0.6) is 0 Å². The highest BCUT2D eigenvalue weighted by molar-refractivity contribution is 6.06. The minimum absolute atomic E-state index is 0.0756. The first kappa shape index (κ1) is 18.8. The third-order valence-corrected chi connectivity index (χ3v) is 5.80. The molecule has 0 bridgehead atoms. The summed E-state index contributed by atoms with van der Waals surface area (Å²) in [7, 11) is 2.13. The van der Waals surface area contributed by atoms with Crippen LogP contribution in [0.1, 0.15) is 42.7 Å². The summed E-state index contributed by atoms with van der Waals surface area (Å²) in [4.78, 5) is 15.7. The van der Waals surface area contributed by atoms with Gasteiger partial charge in [-0.25, -0.2) is 9.40 Å². The van der Waals surface area contributed by atoms with E-state index >= 15 is 0 Å². The molecule has 0 spiro atoms. The molecule has 2 unspecified atom stereocenters. The van der Waals surface area contributed by atoms with Crippen molar-refractivity contribution in [1.29, 1.82) is 0 Å². The molecule has 2 heterocycles. The molecule has 4 rings (SSSR count). The zero-order chi connectivity index (χ0) is 19.5. The number of nitrogens with zero attached hydrogens (tertiary/aromatic N) is 3. The van der Waals surface area contributed by atoms with Gasteiger partial charge in [-0.1, -0.05) is 42.5 Å². The van der Waals surface area contributed by atoms with Gasteiger partial charge in [-0.15, -0.1) is 0 Å². The number of carbonyl (C=O) groups excluding carboxylic acids is 1. The van der Waals surface area contributed by atoms with E-state index in [1.54, 1.807) is 17.1 Å². The molecular formula is C23H26FN3O. The first-order valence-electron chi connectivity index (χ1n) is 10.0. The Balaban J connectivity index is 1.70. The van der Waals surface area contributed by atoms with Crippen molar-refractivity contribution in [3.63, 3.8) is 0 Å². The monoisotopic (exact) mass is 379 g/mol. The van der Waals surface area contributed by atoms with Gasteiger partial charge < -0.3 is 4.90 Å². The quantitative estimate of drug-likeness (QED) is 0.807. The molecule has 1 fully saturated rings. The molecule has 1 saturated heterocycles. The highest BCUT2D eigenvalue weighted by Gasteiger charge is 2.36. The standard InChI is InChI=1S/C23H26FN3O/c1-26-14-5-8-20(13-15-26)27-23(28)21(17-6-3-2-4-7-17)16-22(25-27)18-9-11-19(24)12-10-18/h2-4,6-7,9-12,20-21H,5,8,13-16H2,1H3. The number of benzene rings is 2. The third kappa shape index (κ3) is 3.99. The van der Waals surface area contributed by atoms with Gasteiger partial charge in [0.25, 0.3) is 5.91 Å². The van der Waals surface area contributed by atoms with Gasteiger partial charge in [0.1, 0.15) is 5.82 Å². The predicted octanol–water partition coefficient (Wildman–Crippen LogP) is 4.03. The van der Waals surface area contributed by atoms with Crippen LogP contribution in [0.25, 0.3) is 0 Å². The van der Waals surface area contributed by atoms with Crippen LogP contribution in [0.2, 0.25) is 0 Å². The fourth-order valence-electron chi connectivity index (χ4n) is 4.15. The first-order valence-corrected chi connectivity index (χ1v) is 10.0. The van der Waals surface area contributed by atoms with Crippen LogP contribution in [0.4, 0.5) is 4.39 Å². The Kier molecular flexibility index (Phi) is 5.53. The fraction of sp³-hybridized carbons (Fsp3) is 0.391. The summed E-state index contributed by atoms with van der Waals surface area (Å²) in [5, 5.41) is 6.52. The maximum atomic E-state index is 13.4. The van der Waals surface area contributed by atoms with Crippen molar-refractivity contribution in [2.75, 3.05) is 20.1 Å². The van der Waals surface area contributed by atoms with Crippen LogP contribution in [0.3, 0.4) is 0 Å². The molecule has 0 saturated carbocycles. The number of hydrogen-bond donors (Lipinski definition) is 0. The number of amides is 1. The topological polar surface area (TPSA) is 35.9 Å². The Morgan fingerprint density at radius 1 is 1.00 bits per heavy atom. The number of hydrazone groups is 1. The Labute approximate surface area is 165 Å². The van der Waals surface area contributed by atoms with Gasteiger partial charge in [0.15, 0.2) is 0 Å². The van der Waals surface area contributed by atoms with Crippen LogP contribution in [0, 0.1) is 5.82 Å². The summed E-state index contributed by atoms with van der Waals surface area (Å²) in [6.07, 6.45) is 3.47. The maximum Gasteiger partial charge on any atom is 0.250 e. The Morgan fingerprint density at radius 3 is 2.50 bits per heavy atom. The van der Waals surface area contributed by atoms with Crippen molar-refractivity contribution in [3.8, 4) is 0 Å². The molecule has 2 atom stereocenters. The lowest BCUT2D eigenvalue weighted by Gasteiger charge is -2.35.